The molecule has 0 bridgehead atoms. The summed E-state index contributed by atoms with van der Waals surface area (Å²) in [6.45, 7) is 0.551. The maximum Gasteiger partial charge on any atom is 0.339 e. The number of hydrogen-bond donors (Lipinski definition) is 2. The lowest BCUT2D eigenvalue weighted by Gasteiger charge is -2.09. The quantitative estimate of drug-likeness (QED) is 0.775. The molecule has 0 unspecified atom stereocenters. The lowest BCUT2D eigenvalue weighted by molar-refractivity contribution is 0.596. The van der Waals surface area contributed by atoms with E-state index in [-0.39, 0.29) is 0 Å². The van der Waals surface area contributed by atoms with Gasteiger partial charge < -0.3 is 5.73 Å². The first-order valence-electron chi connectivity index (χ1n) is 5.75. The van der Waals surface area contributed by atoms with Crippen LogP contribution in [0.1, 0.15) is 5.56 Å². The third-order valence-electron chi connectivity index (χ3n) is 2.54. The van der Waals surface area contributed by atoms with E-state index < -0.39 is 11.1 Å². The predicted octanol–water partition coefficient (Wildman–Crippen LogP) is 0.121. The van der Waals surface area contributed by atoms with Crippen molar-refractivity contribution in [2.45, 2.75) is 16.5 Å². The van der Waals surface area contributed by atoms with E-state index >= 15 is 0 Å². The molecule has 7 heteroatoms. The number of hydrogen-bond acceptors (Lipinski definition) is 5. The first-order valence-corrected chi connectivity index (χ1v) is 6.56. The molecule has 100 valence electrons. The van der Waals surface area contributed by atoms with Crippen LogP contribution in [-0.2, 0) is 13.5 Å². The first kappa shape index (κ1) is 13.6. The van der Waals surface area contributed by atoms with Gasteiger partial charge in [0.25, 0.3) is 0 Å². The standard InChI is InChI=1S/C12H14N4O2S/c1-16-12(14-10(17)11(18)15-16)19-9-5-3-2-4-8(9)6-7-13/h2-5H,6-7,13H2,1H3,(H,15,18). The molecular formula is C12H14N4O2S. The summed E-state index contributed by atoms with van der Waals surface area (Å²) in [6, 6.07) is 7.77. The highest BCUT2D eigenvalue weighted by Crippen LogP contribution is 2.27. The fourth-order valence-electron chi connectivity index (χ4n) is 1.62. The molecule has 0 saturated carbocycles. The highest BCUT2D eigenvalue weighted by molar-refractivity contribution is 7.99. The van der Waals surface area contributed by atoms with Crippen molar-refractivity contribution in [3.8, 4) is 0 Å². The zero-order chi connectivity index (χ0) is 13.8. The Hall–Kier alpha value is -1.86. The number of H-pyrrole nitrogens is 1. The van der Waals surface area contributed by atoms with Crippen LogP contribution in [0.2, 0.25) is 0 Å². The highest BCUT2D eigenvalue weighted by atomic mass is 32.2. The Morgan fingerprint density at radius 1 is 1.37 bits per heavy atom. The number of rotatable bonds is 4. The van der Waals surface area contributed by atoms with E-state index in [1.54, 1.807) is 7.05 Å². The highest BCUT2D eigenvalue weighted by Gasteiger charge is 2.08. The number of nitrogens with one attached hydrogen (secondary N) is 1. The van der Waals surface area contributed by atoms with Gasteiger partial charge in [0.15, 0.2) is 5.16 Å². The second-order valence-electron chi connectivity index (χ2n) is 3.95. The molecule has 0 atom stereocenters. The molecule has 0 aliphatic heterocycles. The third kappa shape index (κ3) is 3.12. The number of nitrogens with zero attached hydrogens (tertiary/aromatic N) is 2. The van der Waals surface area contributed by atoms with Crippen LogP contribution in [0.5, 0.6) is 0 Å². The van der Waals surface area contributed by atoms with Gasteiger partial charge in [-0.2, -0.15) is 4.98 Å². The van der Waals surface area contributed by atoms with E-state index in [0.29, 0.717) is 11.7 Å². The van der Waals surface area contributed by atoms with Crippen molar-refractivity contribution >= 4 is 11.8 Å². The van der Waals surface area contributed by atoms with Crippen LogP contribution in [0.4, 0.5) is 0 Å². The molecule has 1 aromatic carbocycles. The molecular weight excluding hydrogens is 264 g/mol. The molecule has 0 aliphatic carbocycles. The molecule has 0 radical (unpaired) electrons. The normalized spacial score (nSPS) is 10.6. The van der Waals surface area contributed by atoms with Crippen molar-refractivity contribution in [1.82, 2.24) is 14.8 Å². The molecule has 6 nitrogen and oxygen atoms in total. The van der Waals surface area contributed by atoms with Crippen LogP contribution in [0.25, 0.3) is 0 Å². The summed E-state index contributed by atoms with van der Waals surface area (Å²) in [6.07, 6.45) is 0.750. The Kier molecular flexibility index (Phi) is 4.18. The van der Waals surface area contributed by atoms with Gasteiger partial charge in [0, 0.05) is 11.9 Å². The average Bonchev–Trinajstić information content (AvgIpc) is 2.38. The average molecular weight is 278 g/mol. The summed E-state index contributed by atoms with van der Waals surface area (Å²) in [5.74, 6) is 0. The monoisotopic (exact) mass is 278 g/mol. The van der Waals surface area contributed by atoms with Crippen molar-refractivity contribution in [3.63, 3.8) is 0 Å². The molecule has 1 aromatic heterocycles. The molecule has 3 N–H and O–H groups in total. The molecule has 0 aliphatic rings. The summed E-state index contributed by atoms with van der Waals surface area (Å²) in [4.78, 5) is 27.2. The van der Waals surface area contributed by atoms with Crippen molar-refractivity contribution in [2.75, 3.05) is 6.54 Å². The van der Waals surface area contributed by atoms with Gasteiger partial charge in [-0.05, 0) is 36.4 Å². The smallest absolute Gasteiger partial charge is 0.330 e. The van der Waals surface area contributed by atoms with Crippen LogP contribution in [0, 0.1) is 0 Å². The Balaban J connectivity index is 2.39. The molecule has 2 rings (SSSR count). The van der Waals surface area contributed by atoms with Gasteiger partial charge in [-0.1, -0.05) is 18.2 Å². The van der Waals surface area contributed by atoms with E-state index in [1.165, 1.54) is 16.4 Å². The Morgan fingerprint density at radius 3 is 2.84 bits per heavy atom. The minimum Gasteiger partial charge on any atom is -0.330 e. The molecule has 0 fully saturated rings. The summed E-state index contributed by atoms with van der Waals surface area (Å²) >= 11 is 1.33. The molecule has 0 amide bonds. The van der Waals surface area contributed by atoms with Gasteiger partial charge >= 0.3 is 11.1 Å². The van der Waals surface area contributed by atoms with Crippen molar-refractivity contribution < 1.29 is 0 Å². The van der Waals surface area contributed by atoms with Gasteiger partial charge in [0.1, 0.15) is 0 Å². The lowest BCUT2D eigenvalue weighted by atomic mass is 10.1. The van der Waals surface area contributed by atoms with Crippen molar-refractivity contribution in [3.05, 3.63) is 50.5 Å². The van der Waals surface area contributed by atoms with Crippen LogP contribution in [-0.4, -0.2) is 21.3 Å². The van der Waals surface area contributed by atoms with E-state index in [9.17, 15) is 9.59 Å². The molecule has 19 heavy (non-hydrogen) atoms. The zero-order valence-electron chi connectivity index (χ0n) is 10.4. The third-order valence-corrected chi connectivity index (χ3v) is 3.70. The first-order chi connectivity index (χ1) is 9.11. The Morgan fingerprint density at radius 2 is 2.11 bits per heavy atom. The fourth-order valence-corrected chi connectivity index (χ4v) is 2.57. The largest absolute Gasteiger partial charge is 0.339 e. The summed E-state index contributed by atoms with van der Waals surface area (Å²) in [7, 11) is 1.64. The van der Waals surface area contributed by atoms with Crippen LogP contribution in [0.15, 0.2) is 43.9 Å². The minimum absolute atomic E-state index is 0.439. The number of aromatic amines is 1. The second-order valence-corrected chi connectivity index (χ2v) is 4.96. The van der Waals surface area contributed by atoms with Crippen LogP contribution in [0.3, 0.4) is 0 Å². The maximum atomic E-state index is 11.3. The zero-order valence-corrected chi connectivity index (χ0v) is 11.2. The minimum atomic E-state index is -0.781. The number of benzene rings is 1. The lowest BCUT2D eigenvalue weighted by Crippen LogP contribution is -2.33. The topological polar surface area (TPSA) is 93.8 Å². The predicted molar refractivity (Wildman–Crippen MR) is 73.4 cm³/mol. The van der Waals surface area contributed by atoms with Gasteiger partial charge in [0.05, 0.1) is 0 Å². The van der Waals surface area contributed by atoms with Gasteiger partial charge in [-0.25, -0.2) is 0 Å². The van der Waals surface area contributed by atoms with E-state index in [4.69, 9.17) is 5.73 Å². The summed E-state index contributed by atoms with van der Waals surface area (Å²) in [5, 5.41) is 2.86. The number of aromatic nitrogens is 3. The molecule has 2 aromatic rings. The van der Waals surface area contributed by atoms with Gasteiger partial charge in [-0.3, -0.25) is 19.4 Å². The van der Waals surface area contributed by atoms with Crippen LogP contribution < -0.4 is 16.9 Å². The summed E-state index contributed by atoms with van der Waals surface area (Å²) in [5.41, 5.74) is 5.16. The van der Waals surface area contributed by atoms with Gasteiger partial charge in [-0.15, -0.1) is 0 Å². The Labute approximate surface area is 113 Å². The molecule has 0 saturated heterocycles. The van der Waals surface area contributed by atoms with E-state index in [0.717, 1.165) is 16.9 Å². The van der Waals surface area contributed by atoms with Crippen LogP contribution >= 0.6 is 11.8 Å². The molecule has 1 heterocycles. The van der Waals surface area contributed by atoms with Gasteiger partial charge in [0.2, 0.25) is 0 Å². The van der Waals surface area contributed by atoms with E-state index in [1.807, 2.05) is 24.3 Å². The van der Waals surface area contributed by atoms with E-state index in [2.05, 4.69) is 10.1 Å². The van der Waals surface area contributed by atoms with Crippen molar-refractivity contribution in [2.24, 2.45) is 12.8 Å². The molecule has 0 spiro atoms. The number of aryl methyl sites for hydroxylation is 1. The number of nitrogens with two attached hydrogens (primary N) is 1. The van der Waals surface area contributed by atoms with Crippen molar-refractivity contribution in [1.29, 1.82) is 0 Å². The SMILES string of the molecule is Cn1[nH]c(=O)c(=O)nc1Sc1ccccc1CCN. The second kappa shape index (κ2) is 5.85. The Bertz CT molecular complexity index is 693. The maximum absolute atomic E-state index is 11.3. The summed E-state index contributed by atoms with van der Waals surface area (Å²) < 4.78 is 1.44. The fraction of sp³-hybridized carbons (Fsp3) is 0.250.